The van der Waals surface area contributed by atoms with Crippen LogP contribution in [0.5, 0.6) is 5.75 Å². The standard InChI is InChI=1S/C21H24BrN5O2/c1-28-16-4-2-15(3-5-16)12-25-7-6-18-17(13-25)23-21-20(24-19(22)14-27(18)21)26-8-10-29-11-9-26/h2-5,14H,6-13H2,1H3. The lowest BCUT2D eigenvalue weighted by atomic mass is 10.1. The third-order valence-corrected chi connectivity index (χ3v) is 6.04. The molecule has 0 amide bonds. The summed E-state index contributed by atoms with van der Waals surface area (Å²) in [6.45, 7) is 5.94. The molecule has 0 unspecified atom stereocenters. The minimum atomic E-state index is 0.733. The molecule has 2 aromatic heterocycles. The van der Waals surface area contributed by atoms with Gasteiger partial charge in [0.25, 0.3) is 0 Å². The molecule has 0 N–H and O–H groups in total. The second-order valence-corrected chi connectivity index (χ2v) is 8.31. The first-order valence-electron chi connectivity index (χ1n) is 9.95. The van der Waals surface area contributed by atoms with E-state index in [4.69, 9.17) is 19.4 Å². The van der Waals surface area contributed by atoms with Gasteiger partial charge in [-0.2, -0.15) is 0 Å². The van der Waals surface area contributed by atoms with Gasteiger partial charge in [0.05, 0.1) is 26.0 Å². The van der Waals surface area contributed by atoms with Gasteiger partial charge >= 0.3 is 0 Å². The average Bonchev–Trinajstić information content (AvgIpc) is 3.12. The summed E-state index contributed by atoms with van der Waals surface area (Å²) in [5.41, 5.74) is 4.69. The number of fused-ring (bicyclic) bond motifs is 3. The normalized spacial score (nSPS) is 17.5. The van der Waals surface area contributed by atoms with Crippen LogP contribution in [0.3, 0.4) is 0 Å². The zero-order chi connectivity index (χ0) is 19.8. The largest absolute Gasteiger partial charge is 0.497 e. The van der Waals surface area contributed by atoms with Gasteiger partial charge in [-0.1, -0.05) is 12.1 Å². The van der Waals surface area contributed by atoms with Crippen molar-refractivity contribution in [1.82, 2.24) is 19.3 Å². The number of hydrogen-bond donors (Lipinski definition) is 0. The Labute approximate surface area is 178 Å². The van der Waals surface area contributed by atoms with Crippen LogP contribution in [0.2, 0.25) is 0 Å². The van der Waals surface area contributed by atoms with Crippen molar-refractivity contribution in [2.24, 2.45) is 0 Å². The summed E-state index contributed by atoms with van der Waals surface area (Å²) in [6.07, 6.45) is 3.02. The Kier molecular flexibility index (Phi) is 5.15. The third-order valence-electron chi connectivity index (χ3n) is 5.66. The van der Waals surface area contributed by atoms with Gasteiger partial charge in [-0.25, -0.2) is 9.97 Å². The quantitative estimate of drug-likeness (QED) is 0.600. The fourth-order valence-electron chi connectivity index (χ4n) is 4.15. The van der Waals surface area contributed by atoms with E-state index in [2.05, 4.69) is 42.3 Å². The van der Waals surface area contributed by atoms with Crippen LogP contribution in [-0.2, 0) is 24.2 Å². The number of anilines is 1. The molecular formula is C21H24BrN5O2. The van der Waals surface area contributed by atoms with Gasteiger partial charge in [0, 0.05) is 51.0 Å². The number of ether oxygens (including phenoxy) is 2. The van der Waals surface area contributed by atoms with Gasteiger partial charge in [-0.15, -0.1) is 0 Å². The Balaban J connectivity index is 1.42. The van der Waals surface area contributed by atoms with Crippen LogP contribution in [0.4, 0.5) is 5.82 Å². The molecule has 8 heteroatoms. The van der Waals surface area contributed by atoms with Crippen LogP contribution in [0, 0.1) is 0 Å². The predicted octanol–water partition coefficient (Wildman–Crippen LogP) is 2.90. The van der Waals surface area contributed by atoms with Gasteiger partial charge in [0.1, 0.15) is 10.4 Å². The average molecular weight is 458 g/mol. The van der Waals surface area contributed by atoms with Crippen LogP contribution in [0.15, 0.2) is 35.1 Å². The molecule has 1 fully saturated rings. The number of methoxy groups -OCH3 is 1. The van der Waals surface area contributed by atoms with E-state index >= 15 is 0 Å². The van der Waals surface area contributed by atoms with Crippen LogP contribution in [0.25, 0.3) is 5.65 Å². The van der Waals surface area contributed by atoms with Gasteiger partial charge in [-0.05, 0) is 33.6 Å². The monoisotopic (exact) mass is 457 g/mol. The number of morpholine rings is 1. The fraction of sp³-hybridized carbons (Fsp3) is 0.429. The molecule has 1 aromatic carbocycles. The van der Waals surface area contributed by atoms with E-state index in [1.165, 1.54) is 11.3 Å². The molecule has 2 aliphatic rings. The summed E-state index contributed by atoms with van der Waals surface area (Å²) in [7, 11) is 1.70. The van der Waals surface area contributed by atoms with E-state index in [-0.39, 0.29) is 0 Å². The van der Waals surface area contributed by atoms with Crippen molar-refractivity contribution < 1.29 is 9.47 Å². The Hall–Kier alpha value is -2.16. The zero-order valence-electron chi connectivity index (χ0n) is 16.5. The molecule has 152 valence electrons. The van der Waals surface area contributed by atoms with Gasteiger partial charge < -0.3 is 14.4 Å². The molecule has 0 atom stereocenters. The molecule has 0 bridgehead atoms. The Morgan fingerprint density at radius 1 is 1.10 bits per heavy atom. The van der Waals surface area contributed by atoms with Crippen molar-refractivity contribution >= 4 is 27.4 Å². The van der Waals surface area contributed by atoms with E-state index < -0.39 is 0 Å². The maximum absolute atomic E-state index is 5.51. The number of nitrogens with zero attached hydrogens (tertiary/aromatic N) is 5. The Morgan fingerprint density at radius 3 is 2.66 bits per heavy atom. The third kappa shape index (κ3) is 3.72. The number of imidazole rings is 1. The maximum Gasteiger partial charge on any atom is 0.180 e. The summed E-state index contributed by atoms with van der Waals surface area (Å²) < 4.78 is 13.8. The molecule has 2 aliphatic heterocycles. The van der Waals surface area contributed by atoms with E-state index in [1.54, 1.807) is 7.11 Å². The van der Waals surface area contributed by atoms with E-state index in [1.807, 2.05) is 18.3 Å². The minimum Gasteiger partial charge on any atom is -0.497 e. The summed E-state index contributed by atoms with van der Waals surface area (Å²) in [5.74, 6) is 1.84. The molecule has 7 nitrogen and oxygen atoms in total. The molecule has 4 heterocycles. The second-order valence-electron chi connectivity index (χ2n) is 7.49. The molecule has 1 saturated heterocycles. The van der Waals surface area contributed by atoms with Gasteiger partial charge in [-0.3, -0.25) is 9.30 Å². The lowest BCUT2D eigenvalue weighted by Crippen LogP contribution is -2.37. The van der Waals surface area contributed by atoms with Crippen LogP contribution in [0.1, 0.15) is 17.0 Å². The second kappa shape index (κ2) is 7.93. The van der Waals surface area contributed by atoms with E-state index in [9.17, 15) is 0 Å². The zero-order valence-corrected chi connectivity index (χ0v) is 18.1. The molecular weight excluding hydrogens is 434 g/mol. The van der Waals surface area contributed by atoms with Crippen molar-refractivity contribution in [3.8, 4) is 5.75 Å². The van der Waals surface area contributed by atoms with Crippen LogP contribution < -0.4 is 9.64 Å². The van der Waals surface area contributed by atoms with Crippen molar-refractivity contribution in [2.75, 3.05) is 44.9 Å². The number of halogens is 1. The highest BCUT2D eigenvalue weighted by Gasteiger charge is 2.25. The van der Waals surface area contributed by atoms with Gasteiger partial charge in [0.15, 0.2) is 11.5 Å². The van der Waals surface area contributed by atoms with Gasteiger partial charge in [0.2, 0.25) is 0 Å². The maximum atomic E-state index is 5.51. The van der Waals surface area contributed by atoms with Crippen LogP contribution >= 0.6 is 15.9 Å². The van der Waals surface area contributed by atoms with Crippen molar-refractivity contribution in [3.63, 3.8) is 0 Å². The first kappa shape index (κ1) is 18.8. The van der Waals surface area contributed by atoms with Crippen molar-refractivity contribution in [2.45, 2.75) is 19.5 Å². The summed E-state index contributed by atoms with van der Waals surface area (Å²) in [5, 5.41) is 0. The summed E-state index contributed by atoms with van der Waals surface area (Å²) in [4.78, 5) is 14.5. The van der Waals surface area contributed by atoms with Crippen molar-refractivity contribution in [3.05, 3.63) is 52.0 Å². The first-order chi connectivity index (χ1) is 14.2. The van der Waals surface area contributed by atoms with E-state index in [0.717, 1.165) is 79.9 Å². The van der Waals surface area contributed by atoms with Crippen molar-refractivity contribution in [1.29, 1.82) is 0 Å². The topological polar surface area (TPSA) is 55.1 Å². The predicted molar refractivity (Wildman–Crippen MR) is 115 cm³/mol. The number of aromatic nitrogens is 3. The van der Waals surface area contributed by atoms with Crippen LogP contribution in [-0.4, -0.2) is 59.2 Å². The molecule has 0 radical (unpaired) electrons. The molecule has 0 saturated carbocycles. The highest BCUT2D eigenvalue weighted by molar-refractivity contribution is 9.10. The summed E-state index contributed by atoms with van der Waals surface area (Å²) >= 11 is 3.59. The molecule has 0 aliphatic carbocycles. The molecule has 5 rings (SSSR count). The van der Waals surface area contributed by atoms with E-state index in [0.29, 0.717) is 0 Å². The molecule has 0 spiro atoms. The Bertz CT molecular complexity index is 1010. The first-order valence-corrected chi connectivity index (χ1v) is 10.7. The highest BCUT2D eigenvalue weighted by Crippen LogP contribution is 2.28. The Morgan fingerprint density at radius 2 is 1.90 bits per heavy atom. The summed E-state index contributed by atoms with van der Waals surface area (Å²) in [6, 6.07) is 8.31. The molecule has 3 aromatic rings. The highest BCUT2D eigenvalue weighted by atomic mass is 79.9. The number of rotatable bonds is 4. The molecule has 29 heavy (non-hydrogen) atoms. The smallest absolute Gasteiger partial charge is 0.180 e. The minimum absolute atomic E-state index is 0.733. The lowest BCUT2D eigenvalue weighted by Gasteiger charge is -2.28. The lowest BCUT2D eigenvalue weighted by molar-refractivity contribution is 0.122. The fourth-order valence-corrected chi connectivity index (χ4v) is 4.53. The number of benzene rings is 1. The SMILES string of the molecule is COc1ccc(CN2CCc3c(nc4c(N5CCOCC5)nc(Br)cn34)C2)cc1. The number of hydrogen-bond acceptors (Lipinski definition) is 6.